The first-order chi connectivity index (χ1) is 7.71. The molecule has 0 N–H and O–H groups in total. The Labute approximate surface area is 101 Å². The summed E-state index contributed by atoms with van der Waals surface area (Å²) < 4.78 is 5.75. The van der Waals surface area contributed by atoms with Crippen LogP contribution in [0, 0.1) is 29.1 Å². The van der Waals surface area contributed by atoms with Gasteiger partial charge in [-0.05, 0) is 72.8 Å². The molecule has 4 saturated carbocycles. The van der Waals surface area contributed by atoms with Crippen molar-refractivity contribution in [2.24, 2.45) is 29.1 Å². The minimum Gasteiger partial charge on any atom is -0.369 e. The fraction of sp³-hybridized carbons (Fsp3) is 0.923. The standard InChI is InChI=1S/C13H17ClO2/c14-11(15)6-16-10-5-13-4-9(13)12(10)7-1-2-8(13)3-7/h7-10,12H,1-6H2/t7?,8?,9?,10?,12-,13?/m1/s1. The van der Waals surface area contributed by atoms with Gasteiger partial charge in [0, 0.05) is 0 Å². The lowest BCUT2D eigenvalue weighted by Gasteiger charge is -2.28. The van der Waals surface area contributed by atoms with Crippen LogP contribution in [-0.4, -0.2) is 18.0 Å². The smallest absolute Gasteiger partial charge is 0.247 e. The van der Waals surface area contributed by atoms with Gasteiger partial charge in [0.25, 0.3) is 0 Å². The number of carbonyl (C=O) groups excluding carboxylic acids is 1. The van der Waals surface area contributed by atoms with Crippen LogP contribution >= 0.6 is 11.6 Å². The third-order valence-corrected chi connectivity index (χ3v) is 6.00. The van der Waals surface area contributed by atoms with Gasteiger partial charge < -0.3 is 4.74 Å². The van der Waals surface area contributed by atoms with E-state index in [1.54, 1.807) is 0 Å². The van der Waals surface area contributed by atoms with Gasteiger partial charge in [0.1, 0.15) is 6.61 Å². The molecule has 0 heterocycles. The normalized spacial score (nSPS) is 56.2. The Bertz CT molecular complexity index is 354. The Morgan fingerprint density at radius 1 is 1.38 bits per heavy atom. The average molecular weight is 241 g/mol. The van der Waals surface area contributed by atoms with E-state index in [1.165, 1.54) is 32.1 Å². The molecule has 2 nitrogen and oxygen atoms in total. The van der Waals surface area contributed by atoms with Gasteiger partial charge in [-0.2, -0.15) is 0 Å². The average Bonchev–Trinajstić information content (AvgIpc) is 2.68. The van der Waals surface area contributed by atoms with Crippen LogP contribution in [-0.2, 0) is 9.53 Å². The summed E-state index contributed by atoms with van der Waals surface area (Å²) in [7, 11) is 0. The van der Waals surface area contributed by atoms with Gasteiger partial charge in [0.05, 0.1) is 6.10 Å². The van der Waals surface area contributed by atoms with E-state index < -0.39 is 0 Å². The number of carbonyl (C=O) groups is 1. The Balaban J connectivity index is 1.55. The van der Waals surface area contributed by atoms with Crippen LogP contribution < -0.4 is 0 Å². The molecule has 6 atom stereocenters. The fourth-order valence-electron chi connectivity index (χ4n) is 5.37. The van der Waals surface area contributed by atoms with E-state index in [0.717, 1.165) is 23.7 Å². The van der Waals surface area contributed by atoms with Crippen molar-refractivity contribution in [1.29, 1.82) is 0 Å². The number of rotatable bonds is 3. The van der Waals surface area contributed by atoms with Gasteiger partial charge in [0.15, 0.2) is 0 Å². The molecule has 5 unspecified atom stereocenters. The third kappa shape index (κ3) is 1.10. The summed E-state index contributed by atoms with van der Waals surface area (Å²) in [6.45, 7) is 0.114. The molecule has 4 rings (SSSR count). The van der Waals surface area contributed by atoms with E-state index in [1.807, 2.05) is 0 Å². The van der Waals surface area contributed by atoms with Crippen molar-refractivity contribution in [1.82, 2.24) is 0 Å². The van der Waals surface area contributed by atoms with Crippen molar-refractivity contribution in [2.75, 3.05) is 6.61 Å². The van der Waals surface area contributed by atoms with Gasteiger partial charge in [-0.1, -0.05) is 0 Å². The van der Waals surface area contributed by atoms with E-state index >= 15 is 0 Å². The van der Waals surface area contributed by atoms with Crippen LogP contribution in [0.2, 0.25) is 0 Å². The molecule has 0 aromatic heterocycles. The predicted octanol–water partition coefficient (Wildman–Crippen LogP) is 2.59. The lowest BCUT2D eigenvalue weighted by atomic mass is 9.79. The number of ether oxygens (including phenoxy) is 1. The van der Waals surface area contributed by atoms with Gasteiger partial charge in [-0.3, -0.25) is 4.79 Å². The Kier molecular flexibility index (Phi) is 1.87. The molecular formula is C13H17ClO2. The van der Waals surface area contributed by atoms with Crippen LogP contribution in [0.15, 0.2) is 0 Å². The minimum absolute atomic E-state index is 0.114. The lowest BCUT2D eigenvalue weighted by molar-refractivity contribution is -0.119. The van der Waals surface area contributed by atoms with E-state index in [2.05, 4.69) is 0 Å². The second-order valence-corrected chi connectivity index (χ2v) is 6.72. The van der Waals surface area contributed by atoms with Crippen LogP contribution in [0.4, 0.5) is 0 Å². The fourth-order valence-corrected chi connectivity index (χ4v) is 5.44. The summed E-state index contributed by atoms with van der Waals surface area (Å²) in [6.07, 6.45) is 7.31. The molecule has 0 spiro atoms. The van der Waals surface area contributed by atoms with Crippen molar-refractivity contribution >= 4 is 16.8 Å². The molecule has 0 aliphatic heterocycles. The van der Waals surface area contributed by atoms with E-state index in [0.29, 0.717) is 11.5 Å². The molecule has 0 aromatic carbocycles. The zero-order valence-corrected chi connectivity index (χ0v) is 10.1. The quantitative estimate of drug-likeness (QED) is 0.709. The van der Waals surface area contributed by atoms with Crippen molar-refractivity contribution < 1.29 is 9.53 Å². The molecule has 4 fully saturated rings. The van der Waals surface area contributed by atoms with Gasteiger partial charge in [-0.25, -0.2) is 0 Å². The summed E-state index contributed by atoms with van der Waals surface area (Å²) in [5, 5.41) is -0.349. The summed E-state index contributed by atoms with van der Waals surface area (Å²) in [6, 6.07) is 0. The first-order valence-electron chi connectivity index (χ1n) is 6.50. The summed E-state index contributed by atoms with van der Waals surface area (Å²) in [5.41, 5.74) is 0.650. The summed E-state index contributed by atoms with van der Waals surface area (Å²) in [5.74, 6) is 3.58. The Morgan fingerprint density at radius 3 is 3.06 bits per heavy atom. The van der Waals surface area contributed by atoms with Crippen LogP contribution in [0.5, 0.6) is 0 Å². The molecule has 0 aromatic rings. The largest absolute Gasteiger partial charge is 0.369 e. The highest BCUT2D eigenvalue weighted by atomic mass is 35.5. The zero-order chi connectivity index (χ0) is 10.9. The SMILES string of the molecule is O=C(Cl)COC1CC23CC2[C@H]1C1CCC3C1. The van der Waals surface area contributed by atoms with Gasteiger partial charge in [-0.15, -0.1) is 0 Å². The molecule has 16 heavy (non-hydrogen) atoms. The molecule has 4 aliphatic carbocycles. The first-order valence-corrected chi connectivity index (χ1v) is 6.88. The molecule has 88 valence electrons. The van der Waals surface area contributed by atoms with Crippen LogP contribution in [0.3, 0.4) is 0 Å². The topological polar surface area (TPSA) is 26.3 Å². The van der Waals surface area contributed by atoms with Crippen molar-refractivity contribution in [2.45, 2.75) is 38.2 Å². The van der Waals surface area contributed by atoms with Gasteiger partial charge >= 0.3 is 0 Å². The predicted molar refractivity (Wildman–Crippen MR) is 60.1 cm³/mol. The minimum atomic E-state index is -0.349. The number of halogens is 1. The van der Waals surface area contributed by atoms with E-state index in [9.17, 15) is 4.79 Å². The summed E-state index contributed by atoms with van der Waals surface area (Å²) in [4.78, 5) is 10.8. The Morgan fingerprint density at radius 2 is 2.25 bits per heavy atom. The molecular weight excluding hydrogens is 224 g/mol. The molecule has 0 amide bonds. The molecule has 3 heteroatoms. The van der Waals surface area contributed by atoms with Crippen LogP contribution in [0.25, 0.3) is 0 Å². The Hall–Kier alpha value is -0.0800. The molecule has 4 aliphatic rings. The first kappa shape index (κ1) is 9.90. The maximum absolute atomic E-state index is 10.8. The van der Waals surface area contributed by atoms with Crippen molar-refractivity contribution in [3.8, 4) is 0 Å². The maximum Gasteiger partial charge on any atom is 0.247 e. The van der Waals surface area contributed by atoms with Gasteiger partial charge in [0.2, 0.25) is 5.24 Å². The second kappa shape index (κ2) is 3.02. The number of hydrogen-bond donors (Lipinski definition) is 0. The van der Waals surface area contributed by atoms with E-state index in [-0.39, 0.29) is 11.8 Å². The monoisotopic (exact) mass is 240 g/mol. The van der Waals surface area contributed by atoms with Crippen LogP contribution in [0.1, 0.15) is 32.1 Å². The molecule has 4 bridgehead atoms. The highest BCUT2D eigenvalue weighted by Gasteiger charge is 2.73. The molecule has 0 saturated heterocycles. The van der Waals surface area contributed by atoms with E-state index in [4.69, 9.17) is 16.3 Å². The number of hydrogen-bond acceptors (Lipinski definition) is 2. The molecule has 0 radical (unpaired) electrons. The lowest BCUT2D eigenvalue weighted by Crippen LogP contribution is -2.28. The highest BCUT2D eigenvalue weighted by molar-refractivity contribution is 6.63. The second-order valence-electron chi connectivity index (χ2n) is 6.30. The zero-order valence-electron chi connectivity index (χ0n) is 9.32. The maximum atomic E-state index is 10.8. The van der Waals surface area contributed by atoms with Crippen molar-refractivity contribution in [3.05, 3.63) is 0 Å². The summed E-state index contributed by atoms with van der Waals surface area (Å²) >= 11 is 5.36. The van der Waals surface area contributed by atoms with Crippen molar-refractivity contribution in [3.63, 3.8) is 0 Å². The highest BCUT2D eigenvalue weighted by Crippen LogP contribution is 2.79. The third-order valence-electron chi connectivity index (χ3n) is 5.89. The number of fused-ring (bicyclic) bond motifs is 3.